The monoisotopic (exact) mass is 202 g/mol. The lowest BCUT2D eigenvalue weighted by Crippen LogP contribution is -1.94. The number of ether oxygens (including phenoxy) is 1. The molecule has 0 aromatic heterocycles. The maximum atomic E-state index is 5.96. The lowest BCUT2D eigenvalue weighted by atomic mass is 10.1. The van der Waals surface area contributed by atoms with E-state index in [-0.39, 0.29) is 0 Å². The summed E-state index contributed by atoms with van der Waals surface area (Å²) in [5, 5.41) is 1.47. The first-order chi connectivity index (χ1) is 5.77. The molecule has 1 unspecified atom stereocenters. The average molecular weight is 203 g/mol. The van der Waals surface area contributed by atoms with Crippen LogP contribution in [0, 0.1) is 0 Å². The van der Waals surface area contributed by atoms with E-state index in [0.29, 0.717) is 6.10 Å². The quantitative estimate of drug-likeness (QED) is 0.673. The number of hydrogen-bond acceptors (Lipinski definition) is 1. The smallest absolute Gasteiger partial charge is 0.0851 e. The van der Waals surface area contributed by atoms with E-state index in [4.69, 9.17) is 27.9 Å². The van der Waals surface area contributed by atoms with Gasteiger partial charge >= 0.3 is 0 Å². The molecule has 2 rings (SSSR count). The molecule has 1 fully saturated rings. The molecule has 1 aromatic carbocycles. The van der Waals surface area contributed by atoms with Gasteiger partial charge in [0.15, 0.2) is 0 Å². The maximum absolute atomic E-state index is 5.96. The Morgan fingerprint density at radius 1 is 1.33 bits per heavy atom. The molecule has 3 heteroatoms. The highest BCUT2D eigenvalue weighted by Gasteiger charge is 2.24. The Balaban J connectivity index is 2.26. The summed E-state index contributed by atoms with van der Waals surface area (Å²) in [5.74, 6) is 0. The van der Waals surface area contributed by atoms with E-state index >= 15 is 0 Å². The molecular weight excluding hydrogens is 195 g/mol. The molecule has 0 bridgehead atoms. The second kappa shape index (κ2) is 3.25. The van der Waals surface area contributed by atoms with Crippen LogP contribution in [0.1, 0.15) is 5.56 Å². The average Bonchev–Trinajstić information content (AvgIpc) is 2.80. The van der Waals surface area contributed by atoms with E-state index in [0.717, 1.165) is 28.6 Å². The van der Waals surface area contributed by atoms with Crippen LogP contribution in [0.5, 0.6) is 0 Å². The number of hydrogen-bond donors (Lipinski definition) is 0. The Hall–Kier alpha value is -0.240. The van der Waals surface area contributed by atoms with Gasteiger partial charge in [-0.15, -0.1) is 0 Å². The number of benzene rings is 1. The van der Waals surface area contributed by atoms with Crippen molar-refractivity contribution < 1.29 is 4.74 Å². The van der Waals surface area contributed by atoms with Gasteiger partial charge in [-0.25, -0.2) is 0 Å². The normalized spacial score (nSPS) is 21.0. The van der Waals surface area contributed by atoms with Gasteiger partial charge in [0.05, 0.1) is 12.7 Å². The number of halogens is 2. The fourth-order valence-corrected chi connectivity index (χ4v) is 1.69. The Morgan fingerprint density at radius 2 is 1.92 bits per heavy atom. The predicted octanol–water partition coefficient (Wildman–Crippen LogP) is 2.93. The van der Waals surface area contributed by atoms with E-state index in [1.165, 1.54) is 0 Å². The predicted molar refractivity (Wildman–Crippen MR) is 49.9 cm³/mol. The van der Waals surface area contributed by atoms with Crippen molar-refractivity contribution in [2.24, 2.45) is 0 Å². The molecule has 0 N–H and O–H groups in total. The third kappa shape index (κ3) is 1.74. The first-order valence-corrected chi connectivity index (χ1v) is 4.57. The van der Waals surface area contributed by atoms with Crippen molar-refractivity contribution >= 4 is 23.2 Å². The molecule has 0 radical (unpaired) electrons. The molecular formula is C9H8Cl2O. The molecule has 12 heavy (non-hydrogen) atoms. The van der Waals surface area contributed by atoms with E-state index in [1.807, 2.05) is 18.2 Å². The zero-order valence-electron chi connectivity index (χ0n) is 6.39. The first-order valence-electron chi connectivity index (χ1n) is 3.82. The molecule has 1 aliphatic heterocycles. The van der Waals surface area contributed by atoms with Crippen molar-refractivity contribution in [1.82, 2.24) is 0 Å². The molecule has 1 saturated heterocycles. The Bertz CT molecular complexity index is 274. The largest absolute Gasteiger partial charge is 0.373 e. The van der Waals surface area contributed by atoms with Gasteiger partial charge in [-0.05, 0) is 17.7 Å². The Labute approximate surface area is 81.2 Å². The summed E-state index contributed by atoms with van der Waals surface area (Å²) in [5.41, 5.74) is 1.00. The molecule has 0 amide bonds. The molecule has 0 aliphatic carbocycles. The minimum absolute atomic E-state index is 0.336. The van der Waals surface area contributed by atoms with Crippen LogP contribution >= 0.6 is 23.2 Å². The minimum atomic E-state index is 0.336. The van der Waals surface area contributed by atoms with Crippen molar-refractivity contribution in [3.8, 4) is 0 Å². The van der Waals surface area contributed by atoms with Crippen LogP contribution in [0.25, 0.3) is 0 Å². The summed E-state index contributed by atoms with van der Waals surface area (Å²) >= 11 is 11.9. The van der Waals surface area contributed by atoms with Crippen molar-refractivity contribution in [1.29, 1.82) is 0 Å². The van der Waals surface area contributed by atoms with E-state index < -0.39 is 0 Å². The summed E-state index contributed by atoms with van der Waals surface area (Å²) in [6, 6.07) is 5.55. The van der Waals surface area contributed by atoms with Crippen molar-refractivity contribution in [3.05, 3.63) is 33.8 Å². The number of epoxide rings is 1. The van der Waals surface area contributed by atoms with Gasteiger partial charge in [-0.2, -0.15) is 0 Å². The van der Waals surface area contributed by atoms with Crippen molar-refractivity contribution in [2.45, 2.75) is 12.5 Å². The van der Waals surface area contributed by atoms with Gasteiger partial charge < -0.3 is 4.74 Å². The van der Waals surface area contributed by atoms with Gasteiger partial charge in [0.25, 0.3) is 0 Å². The Kier molecular flexibility index (Phi) is 2.26. The Morgan fingerprint density at radius 3 is 2.42 bits per heavy atom. The van der Waals surface area contributed by atoms with Gasteiger partial charge in [-0.3, -0.25) is 0 Å². The second-order valence-corrected chi connectivity index (χ2v) is 3.67. The third-order valence-corrected chi connectivity index (χ3v) is 2.60. The van der Waals surface area contributed by atoms with Crippen molar-refractivity contribution in [2.75, 3.05) is 6.61 Å². The van der Waals surface area contributed by atoms with Gasteiger partial charge in [0.2, 0.25) is 0 Å². The van der Waals surface area contributed by atoms with E-state index in [1.54, 1.807) is 0 Å². The molecule has 1 aromatic rings. The summed E-state index contributed by atoms with van der Waals surface area (Å²) in [4.78, 5) is 0. The number of rotatable bonds is 2. The molecule has 1 atom stereocenters. The van der Waals surface area contributed by atoms with Crippen molar-refractivity contribution in [3.63, 3.8) is 0 Å². The summed E-state index contributed by atoms with van der Waals surface area (Å²) in [7, 11) is 0. The SMILES string of the molecule is Clc1cccc(Cl)c1CC1CO1. The second-order valence-electron chi connectivity index (χ2n) is 2.86. The van der Waals surface area contributed by atoms with Crippen LogP contribution in [0.4, 0.5) is 0 Å². The molecule has 64 valence electrons. The van der Waals surface area contributed by atoms with Crippen LogP contribution in [0.15, 0.2) is 18.2 Å². The van der Waals surface area contributed by atoms with Crippen LogP contribution in [-0.2, 0) is 11.2 Å². The fraction of sp³-hybridized carbons (Fsp3) is 0.333. The van der Waals surface area contributed by atoms with Gasteiger partial charge in [0.1, 0.15) is 0 Å². The highest BCUT2D eigenvalue weighted by Crippen LogP contribution is 2.28. The first kappa shape index (κ1) is 8.36. The topological polar surface area (TPSA) is 12.5 Å². The summed E-state index contributed by atoms with van der Waals surface area (Å²) in [6.07, 6.45) is 1.17. The molecule has 1 aliphatic rings. The maximum Gasteiger partial charge on any atom is 0.0851 e. The third-order valence-electron chi connectivity index (χ3n) is 1.90. The van der Waals surface area contributed by atoms with Gasteiger partial charge in [0, 0.05) is 16.5 Å². The highest BCUT2D eigenvalue weighted by atomic mass is 35.5. The van der Waals surface area contributed by atoms with E-state index in [9.17, 15) is 0 Å². The van der Waals surface area contributed by atoms with E-state index in [2.05, 4.69) is 0 Å². The summed E-state index contributed by atoms with van der Waals surface area (Å²) < 4.78 is 5.11. The molecule has 1 nitrogen and oxygen atoms in total. The van der Waals surface area contributed by atoms with Gasteiger partial charge in [-0.1, -0.05) is 29.3 Å². The van der Waals surface area contributed by atoms with Crippen LogP contribution < -0.4 is 0 Å². The zero-order valence-corrected chi connectivity index (χ0v) is 7.90. The molecule has 0 spiro atoms. The van der Waals surface area contributed by atoms with Crippen LogP contribution in [0.3, 0.4) is 0 Å². The standard InChI is InChI=1S/C9H8Cl2O/c10-8-2-1-3-9(11)7(8)4-6-5-12-6/h1-3,6H,4-5H2. The fourth-order valence-electron chi connectivity index (χ4n) is 1.14. The lowest BCUT2D eigenvalue weighted by molar-refractivity contribution is 0.407. The van der Waals surface area contributed by atoms with Crippen LogP contribution in [0.2, 0.25) is 10.0 Å². The minimum Gasteiger partial charge on any atom is -0.373 e. The molecule has 0 saturated carbocycles. The van der Waals surface area contributed by atoms with Crippen LogP contribution in [-0.4, -0.2) is 12.7 Å². The highest BCUT2D eigenvalue weighted by molar-refractivity contribution is 6.35. The summed E-state index contributed by atoms with van der Waals surface area (Å²) in [6.45, 7) is 0.835. The zero-order chi connectivity index (χ0) is 8.55. The lowest BCUT2D eigenvalue weighted by Gasteiger charge is -2.03. The molecule has 1 heterocycles.